The van der Waals surface area contributed by atoms with Crippen molar-refractivity contribution in [2.75, 3.05) is 23.3 Å². The number of halogens is 3. The minimum Gasteiger partial charge on any atom is -0.442 e. The molecule has 1 aliphatic rings. The Kier molecular flexibility index (Phi) is 6.54. The molecule has 1 aliphatic heterocycles. The number of ether oxygens (including phenoxy) is 1. The van der Waals surface area contributed by atoms with Crippen molar-refractivity contribution in [2.45, 2.75) is 19.2 Å². The molecule has 5 rings (SSSR count). The van der Waals surface area contributed by atoms with Crippen molar-refractivity contribution in [2.24, 2.45) is 0 Å². The highest BCUT2D eigenvalue weighted by molar-refractivity contribution is 5.90. The van der Waals surface area contributed by atoms with E-state index in [9.17, 15) is 4.79 Å². The maximum atomic E-state index is 15.0. The SMILES string of the molecule is O=C1OC(CNc2ccon2)CN1c1cc(F)c(-c2ccc(CNCc3cnn[nH]3)cc2)c(F)c1F. The van der Waals surface area contributed by atoms with Gasteiger partial charge in [0.1, 0.15) is 18.2 Å². The van der Waals surface area contributed by atoms with Crippen LogP contribution in [0.5, 0.6) is 0 Å². The van der Waals surface area contributed by atoms with Gasteiger partial charge in [-0.25, -0.2) is 18.0 Å². The summed E-state index contributed by atoms with van der Waals surface area (Å²) < 4.78 is 54.9. The highest BCUT2D eigenvalue weighted by Crippen LogP contribution is 2.35. The molecule has 1 atom stereocenters. The van der Waals surface area contributed by atoms with E-state index in [1.54, 1.807) is 24.4 Å². The summed E-state index contributed by atoms with van der Waals surface area (Å²) in [6.45, 7) is 1.05. The lowest BCUT2D eigenvalue weighted by Crippen LogP contribution is -2.28. The summed E-state index contributed by atoms with van der Waals surface area (Å²) in [4.78, 5) is 13.2. The van der Waals surface area contributed by atoms with Crippen LogP contribution in [-0.4, -0.2) is 45.9 Å². The topological polar surface area (TPSA) is 121 Å². The van der Waals surface area contributed by atoms with E-state index < -0.39 is 40.9 Å². The van der Waals surface area contributed by atoms with E-state index in [1.807, 2.05) is 0 Å². The van der Waals surface area contributed by atoms with Gasteiger partial charge in [0, 0.05) is 25.2 Å². The van der Waals surface area contributed by atoms with Crippen LogP contribution < -0.4 is 15.5 Å². The van der Waals surface area contributed by atoms with Crippen molar-refractivity contribution in [1.82, 2.24) is 25.9 Å². The summed E-state index contributed by atoms with van der Waals surface area (Å²) in [5.41, 5.74) is 0.781. The van der Waals surface area contributed by atoms with Crippen LogP contribution in [0.3, 0.4) is 0 Å². The lowest BCUT2D eigenvalue weighted by molar-refractivity contribution is 0.147. The number of benzene rings is 2. The maximum absolute atomic E-state index is 15.0. The van der Waals surface area contributed by atoms with Crippen LogP contribution in [0.2, 0.25) is 0 Å². The third kappa shape index (κ3) is 4.86. The third-order valence-electron chi connectivity index (χ3n) is 5.60. The van der Waals surface area contributed by atoms with Crippen molar-refractivity contribution >= 4 is 17.6 Å². The van der Waals surface area contributed by atoms with E-state index in [-0.39, 0.29) is 18.7 Å². The van der Waals surface area contributed by atoms with Gasteiger partial charge in [-0.05, 0) is 11.1 Å². The molecule has 36 heavy (non-hydrogen) atoms. The lowest BCUT2D eigenvalue weighted by Gasteiger charge is -2.17. The van der Waals surface area contributed by atoms with Gasteiger partial charge in [-0.3, -0.25) is 10.00 Å². The number of anilines is 2. The smallest absolute Gasteiger partial charge is 0.414 e. The molecule has 4 aromatic rings. The van der Waals surface area contributed by atoms with E-state index in [2.05, 4.69) is 31.2 Å². The predicted octanol–water partition coefficient (Wildman–Crippen LogP) is 3.60. The summed E-state index contributed by atoms with van der Waals surface area (Å²) in [6, 6.07) is 8.75. The standard InChI is InChI=1S/C23H20F3N7O3/c24-17-7-18(33-12-16(36-23(33)34)11-28-19-5-6-35-31-19)21(25)22(26)20(17)14-3-1-13(2-4-14)8-27-9-15-10-29-32-30-15/h1-7,10,16,27H,8-9,11-12H2,(H,28,31)(H,29,30,32). The Morgan fingerprint density at radius 3 is 2.67 bits per heavy atom. The van der Waals surface area contributed by atoms with Gasteiger partial charge in [0.2, 0.25) is 0 Å². The zero-order chi connectivity index (χ0) is 25.1. The zero-order valence-electron chi connectivity index (χ0n) is 18.7. The Balaban J connectivity index is 1.28. The van der Waals surface area contributed by atoms with Gasteiger partial charge in [-0.15, -0.1) is 5.10 Å². The fourth-order valence-electron chi connectivity index (χ4n) is 3.83. The highest BCUT2D eigenvalue weighted by atomic mass is 19.2. The van der Waals surface area contributed by atoms with E-state index in [0.717, 1.165) is 22.2 Å². The average molecular weight is 499 g/mol. The van der Waals surface area contributed by atoms with Crippen LogP contribution >= 0.6 is 0 Å². The second-order valence-electron chi connectivity index (χ2n) is 8.04. The molecule has 2 aromatic carbocycles. The molecule has 0 radical (unpaired) electrons. The van der Waals surface area contributed by atoms with Crippen LogP contribution in [0, 0.1) is 17.5 Å². The van der Waals surface area contributed by atoms with E-state index in [4.69, 9.17) is 9.26 Å². The number of nitrogens with one attached hydrogen (secondary N) is 3. The first-order chi connectivity index (χ1) is 17.5. The number of aromatic nitrogens is 4. The van der Waals surface area contributed by atoms with Gasteiger partial charge in [0.15, 0.2) is 17.5 Å². The summed E-state index contributed by atoms with van der Waals surface area (Å²) in [5.74, 6) is -3.31. The number of H-pyrrole nitrogens is 1. The molecule has 186 valence electrons. The van der Waals surface area contributed by atoms with Crippen LogP contribution in [0.25, 0.3) is 11.1 Å². The molecular weight excluding hydrogens is 479 g/mol. The van der Waals surface area contributed by atoms with Crippen molar-refractivity contribution in [3.8, 4) is 11.1 Å². The molecule has 1 fully saturated rings. The first-order valence-corrected chi connectivity index (χ1v) is 10.9. The molecule has 10 nitrogen and oxygen atoms in total. The van der Waals surface area contributed by atoms with E-state index in [1.165, 1.54) is 18.4 Å². The first kappa shape index (κ1) is 23.4. The zero-order valence-corrected chi connectivity index (χ0v) is 18.7. The van der Waals surface area contributed by atoms with Crippen molar-refractivity contribution in [1.29, 1.82) is 0 Å². The molecule has 1 saturated heterocycles. The quantitative estimate of drug-likeness (QED) is 0.299. The number of aromatic amines is 1. The van der Waals surface area contributed by atoms with E-state index in [0.29, 0.717) is 18.9 Å². The number of rotatable bonds is 9. The number of carbonyl (C=O) groups is 1. The summed E-state index contributed by atoms with van der Waals surface area (Å²) in [6.07, 6.45) is 1.36. The molecule has 3 heterocycles. The second kappa shape index (κ2) is 10.1. The molecule has 1 amide bonds. The molecule has 0 saturated carbocycles. The monoisotopic (exact) mass is 499 g/mol. The second-order valence-corrected chi connectivity index (χ2v) is 8.04. The Hall–Kier alpha value is -4.39. The molecule has 3 N–H and O–H groups in total. The molecular formula is C23H20F3N7O3. The first-order valence-electron chi connectivity index (χ1n) is 10.9. The van der Waals surface area contributed by atoms with Crippen LogP contribution in [0.1, 0.15) is 11.3 Å². The lowest BCUT2D eigenvalue weighted by atomic mass is 10.0. The van der Waals surface area contributed by atoms with Gasteiger partial charge >= 0.3 is 6.09 Å². The number of hydrogen-bond acceptors (Lipinski definition) is 8. The van der Waals surface area contributed by atoms with Gasteiger partial charge in [-0.2, -0.15) is 0 Å². The molecule has 0 spiro atoms. The molecule has 2 aromatic heterocycles. The average Bonchev–Trinajstić information content (AvgIpc) is 3.64. The normalized spacial score (nSPS) is 15.4. The van der Waals surface area contributed by atoms with Gasteiger partial charge in [0.25, 0.3) is 0 Å². The minimum absolute atomic E-state index is 0.102. The fraction of sp³-hybridized carbons (Fsp3) is 0.217. The summed E-state index contributed by atoms with van der Waals surface area (Å²) in [5, 5.41) is 19.8. The van der Waals surface area contributed by atoms with Crippen LogP contribution in [0.15, 0.2) is 53.4 Å². The van der Waals surface area contributed by atoms with Gasteiger partial charge < -0.3 is 19.9 Å². The summed E-state index contributed by atoms with van der Waals surface area (Å²) in [7, 11) is 0. The van der Waals surface area contributed by atoms with Gasteiger partial charge in [-0.1, -0.05) is 34.6 Å². The predicted molar refractivity (Wildman–Crippen MR) is 121 cm³/mol. The van der Waals surface area contributed by atoms with Gasteiger partial charge in [0.05, 0.1) is 36.2 Å². The third-order valence-corrected chi connectivity index (χ3v) is 5.60. The Labute approximate surface area is 202 Å². The van der Waals surface area contributed by atoms with Crippen LogP contribution in [-0.2, 0) is 17.8 Å². The highest BCUT2D eigenvalue weighted by Gasteiger charge is 2.36. The Bertz CT molecular complexity index is 1330. The largest absolute Gasteiger partial charge is 0.442 e. The Morgan fingerprint density at radius 1 is 1.11 bits per heavy atom. The van der Waals surface area contributed by atoms with Crippen LogP contribution in [0.4, 0.5) is 29.5 Å². The molecule has 0 aliphatic carbocycles. The van der Waals surface area contributed by atoms with Crippen molar-refractivity contribution in [3.05, 3.63) is 77.6 Å². The van der Waals surface area contributed by atoms with Crippen molar-refractivity contribution < 1.29 is 27.2 Å². The van der Waals surface area contributed by atoms with Crippen molar-refractivity contribution in [3.63, 3.8) is 0 Å². The van der Waals surface area contributed by atoms with E-state index >= 15 is 13.2 Å². The summed E-state index contributed by atoms with van der Waals surface area (Å²) >= 11 is 0. The Morgan fingerprint density at radius 2 is 1.94 bits per heavy atom. The number of hydrogen-bond donors (Lipinski definition) is 3. The molecule has 13 heteroatoms. The number of carbonyl (C=O) groups excluding carboxylic acids is 1. The number of amides is 1. The number of cyclic esters (lactones) is 1. The minimum atomic E-state index is -1.39. The fourth-order valence-corrected chi connectivity index (χ4v) is 3.83. The molecule has 0 bridgehead atoms. The number of nitrogens with zero attached hydrogens (tertiary/aromatic N) is 4. The molecule has 1 unspecified atom stereocenters. The maximum Gasteiger partial charge on any atom is 0.414 e.